The van der Waals surface area contributed by atoms with Crippen molar-refractivity contribution in [1.29, 1.82) is 0 Å². The second-order valence-electron chi connectivity index (χ2n) is 4.28. The fourth-order valence-corrected chi connectivity index (χ4v) is 1.92. The minimum absolute atomic E-state index is 0.0148. The third kappa shape index (κ3) is 3.86. The first-order valence-corrected chi connectivity index (χ1v) is 6.42. The van der Waals surface area contributed by atoms with Gasteiger partial charge in [0, 0.05) is 0 Å². The molecule has 0 aliphatic rings. The van der Waals surface area contributed by atoms with Crippen LogP contribution in [0.5, 0.6) is 0 Å². The second kappa shape index (κ2) is 6.99. The Bertz CT molecular complexity index is 489. The first-order chi connectivity index (χ1) is 9.01. The zero-order chi connectivity index (χ0) is 14.4. The Balaban J connectivity index is 2.91. The van der Waals surface area contributed by atoms with E-state index in [1.54, 1.807) is 12.1 Å². The lowest BCUT2D eigenvalue weighted by Crippen LogP contribution is -2.44. The Labute approximate surface area is 117 Å². The van der Waals surface area contributed by atoms with Gasteiger partial charge < -0.3 is 16.3 Å². The molecular formula is C13H18ClN3O2. The lowest BCUT2D eigenvalue weighted by Gasteiger charge is -2.17. The number of nitrogens with zero attached hydrogens (tertiary/aromatic N) is 1. The van der Waals surface area contributed by atoms with E-state index in [2.05, 4.69) is 10.5 Å². The summed E-state index contributed by atoms with van der Waals surface area (Å²) in [6.07, 6.45) is 1.38. The van der Waals surface area contributed by atoms with Gasteiger partial charge in [-0.3, -0.25) is 4.79 Å². The molecule has 1 rings (SSSR count). The highest BCUT2D eigenvalue weighted by molar-refractivity contribution is 6.34. The van der Waals surface area contributed by atoms with E-state index < -0.39 is 6.04 Å². The fourth-order valence-electron chi connectivity index (χ4n) is 1.71. The SMILES string of the molecule is CCCC(NC(=O)c1cccc(C)c1Cl)/C(N)=N/O. The van der Waals surface area contributed by atoms with Crippen LogP contribution in [0.25, 0.3) is 0 Å². The summed E-state index contributed by atoms with van der Waals surface area (Å²) >= 11 is 6.09. The summed E-state index contributed by atoms with van der Waals surface area (Å²) < 4.78 is 0. The van der Waals surface area contributed by atoms with E-state index in [1.807, 2.05) is 19.9 Å². The molecule has 5 nitrogen and oxygen atoms in total. The van der Waals surface area contributed by atoms with Crippen LogP contribution < -0.4 is 11.1 Å². The number of aryl methyl sites for hydroxylation is 1. The molecule has 0 bridgehead atoms. The predicted octanol–water partition coefficient (Wildman–Crippen LogP) is 2.29. The van der Waals surface area contributed by atoms with Crippen molar-refractivity contribution in [2.45, 2.75) is 32.7 Å². The lowest BCUT2D eigenvalue weighted by molar-refractivity contribution is 0.0945. The van der Waals surface area contributed by atoms with Crippen molar-refractivity contribution < 1.29 is 10.0 Å². The second-order valence-corrected chi connectivity index (χ2v) is 4.65. The Morgan fingerprint density at radius 3 is 2.84 bits per heavy atom. The van der Waals surface area contributed by atoms with Gasteiger partial charge in [-0.1, -0.05) is 42.2 Å². The number of oxime groups is 1. The van der Waals surface area contributed by atoms with Gasteiger partial charge in [0.05, 0.1) is 16.6 Å². The normalized spacial score (nSPS) is 13.1. The summed E-state index contributed by atoms with van der Waals surface area (Å²) in [5, 5.41) is 14.8. The number of halogens is 1. The highest BCUT2D eigenvalue weighted by Crippen LogP contribution is 2.20. The molecule has 0 fully saturated rings. The molecular weight excluding hydrogens is 266 g/mol. The van der Waals surface area contributed by atoms with E-state index >= 15 is 0 Å². The number of nitrogens with one attached hydrogen (secondary N) is 1. The van der Waals surface area contributed by atoms with Crippen LogP contribution >= 0.6 is 11.6 Å². The predicted molar refractivity (Wildman–Crippen MR) is 75.8 cm³/mol. The summed E-state index contributed by atoms with van der Waals surface area (Å²) in [7, 11) is 0. The van der Waals surface area contributed by atoms with E-state index in [9.17, 15) is 4.79 Å². The molecule has 0 spiro atoms. The minimum Gasteiger partial charge on any atom is -0.409 e. The topological polar surface area (TPSA) is 87.7 Å². The van der Waals surface area contributed by atoms with Crippen molar-refractivity contribution in [3.05, 3.63) is 34.3 Å². The van der Waals surface area contributed by atoms with Crippen molar-refractivity contribution in [2.75, 3.05) is 0 Å². The maximum absolute atomic E-state index is 12.1. The number of carbonyl (C=O) groups is 1. The minimum atomic E-state index is -0.501. The van der Waals surface area contributed by atoms with Crippen LogP contribution in [0.15, 0.2) is 23.4 Å². The maximum atomic E-state index is 12.1. The number of nitrogens with two attached hydrogens (primary N) is 1. The molecule has 0 saturated heterocycles. The van der Waals surface area contributed by atoms with Crippen molar-refractivity contribution in [3.63, 3.8) is 0 Å². The number of amides is 1. The first kappa shape index (κ1) is 15.3. The number of amidine groups is 1. The van der Waals surface area contributed by atoms with Gasteiger partial charge in [-0.05, 0) is 25.0 Å². The van der Waals surface area contributed by atoms with Gasteiger partial charge in [-0.25, -0.2) is 0 Å². The average molecular weight is 284 g/mol. The van der Waals surface area contributed by atoms with Gasteiger partial charge >= 0.3 is 0 Å². The number of hydrogen-bond acceptors (Lipinski definition) is 3. The van der Waals surface area contributed by atoms with Crippen LogP contribution in [0.3, 0.4) is 0 Å². The van der Waals surface area contributed by atoms with Crippen LogP contribution in [-0.4, -0.2) is 23.0 Å². The number of hydrogen-bond donors (Lipinski definition) is 3. The highest BCUT2D eigenvalue weighted by Gasteiger charge is 2.19. The Hall–Kier alpha value is -1.75. The maximum Gasteiger partial charge on any atom is 0.253 e. The molecule has 4 N–H and O–H groups in total. The van der Waals surface area contributed by atoms with Gasteiger partial charge in [0.1, 0.15) is 0 Å². The number of benzene rings is 1. The zero-order valence-electron chi connectivity index (χ0n) is 11.0. The molecule has 1 aromatic carbocycles. The molecule has 0 saturated carbocycles. The molecule has 0 heterocycles. The molecule has 0 aliphatic heterocycles. The van der Waals surface area contributed by atoms with Crippen molar-refractivity contribution >= 4 is 23.3 Å². The van der Waals surface area contributed by atoms with Gasteiger partial charge in [0.25, 0.3) is 5.91 Å². The molecule has 104 valence electrons. The Kier molecular flexibility index (Phi) is 5.63. The number of rotatable bonds is 5. The average Bonchev–Trinajstić information content (AvgIpc) is 2.40. The third-order valence-corrected chi connectivity index (χ3v) is 3.29. The van der Waals surface area contributed by atoms with Gasteiger partial charge in [-0.2, -0.15) is 0 Å². The molecule has 1 atom stereocenters. The van der Waals surface area contributed by atoms with E-state index in [4.69, 9.17) is 22.5 Å². The van der Waals surface area contributed by atoms with Gasteiger partial charge in [0.15, 0.2) is 5.84 Å². The quantitative estimate of drug-likeness (QED) is 0.335. The third-order valence-electron chi connectivity index (χ3n) is 2.79. The molecule has 6 heteroatoms. The molecule has 1 amide bonds. The van der Waals surface area contributed by atoms with Crippen LogP contribution in [-0.2, 0) is 0 Å². The van der Waals surface area contributed by atoms with E-state index in [0.29, 0.717) is 17.0 Å². The van der Waals surface area contributed by atoms with Crippen LogP contribution in [0.1, 0.15) is 35.7 Å². The van der Waals surface area contributed by atoms with Crippen molar-refractivity contribution in [3.8, 4) is 0 Å². The standard InChI is InChI=1S/C13H18ClN3O2/c1-3-5-10(12(15)17-19)16-13(18)9-7-4-6-8(2)11(9)14/h4,6-7,10,19H,3,5H2,1-2H3,(H2,15,17)(H,16,18). The van der Waals surface area contributed by atoms with Crippen LogP contribution in [0, 0.1) is 6.92 Å². The number of carbonyl (C=O) groups excluding carboxylic acids is 1. The van der Waals surface area contributed by atoms with E-state index in [0.717, 1.165) is 12.0 Å². The van der Waals surface area contributed by atoms with Crippen LogP contribution in [0.2, 0.25) is 5.02 Å². The zero-order valence-corrected chi connectivity index (χ0v) is 11.7. The molecule has 0 aliphatic carbocycles. The summed E-state index contributed by atoms with van der Waals surface area (Å²) in [4.78, 5) is 12.1. The van der Waals surface area contributed by atoms with E-state index in [1.165, 1.54) is 0 Å². The largest absolute Gasteiger partial charge is 0.409 e. The smallest absolute Gasteiger partial charge is 0.253 e. The monoisotopic (exact) mass is 283 g/mol. The van der Waals surface area contributed by atoms with E-state index in [-0.39, 0.29) is 11.7 Å². The van der Waals surface area contributed by atoms with Crippen molar-refractivity contribution in [1.82, 2.24) is 5.32 Å². The highest BCUT2D eigenvalue weighted by atomic mass is 35.5. The molecule has 0 radical (unpaired) electrons. The molecule has 1 aromatic rings. The van der Waals surface area contributed by atoms with Gasteiger partial charge in [-0.15, -0.1) is 0 Å². The summed E-state index contributed by atoms with van der Waals surface area (Å²) in [5.74, 6) is -0.349. The Morgan fingerprint density at radius 1 is 1.58 bits per heavy atom. The van der Waals surface area contributed by atoms with Crippen molar-refractivity contribution in [2.24, 2.45) is 10.9 Å². The summed E-state index contributed by atoms with van der Waals surface area (Å²) in [5.41, 5.74) is 6.76. The Morgan fingerprint density at radius 2 is 2.26 bits per heavy atom. The molecule has 0 aromatic heterocycles. The van der Waals surface area contributed by atoms with Crippen LogP contribution in [0.4, 0.5) is 0 Å². The van der Waals surface area contributed by atoms with Gasteiger partial charge in [0.2, 0.25) is 0 Å². The lowest BCUT2D eigenvalue weighted by atomic mass is 10.1. The molecule has 1 unspecified atom stereocenters. The first-order valence-electron chi connectivity index (χ1n) is 6.04. The summed E-state index contributed by atoms with van der Waals surface area (Å²) in [6.45, 7) is 3.77. The molecule has 19 heavy (non-hydrogen) atoms. The summed E-state index contributed by atoms with van der Waals surface area (Å²) in [6, 6.07) is 4.72. The fraction of sp³-hybridized carbons (Fsp3) is 0.385.